The molecule has 3 aromatic rings. The number of halogens is 1. The van der Waals surface area contributed by atoms with Crippen molar-refractivity contribution in [1.29, 1.82) is 0 Å². The third-order valence-corrected chi connectivity index (χ3v) is 5.14. The molecule has 0 radical (unpaired) electrons. The first-order valence-corrected chi connectivity index (χ1v) is 10.3. The van der Waals surface area contributed by atoms with E-state index in [-0.39, 0.29) is 17.2 Å². The van der Waals surface area contributed by atoms with Gasteiger partial charge < -0.3 is 15.5 Å². The van der Waals surface area contributed by atoms with Crippen LogP contribution in [0.25, 0.3) is 17.2 Å². The van der Waals surface area contributed by atoms with Crippen LogP contribution in [0.1, 0.15) is 21.6 Å². The zero-order valence-corrected chi connectivity index (χ0v) is 18.1. The number of morpholine rings is 1. The van der Waals surface area contributed by atoms with E-state index in [1.165, 1.54) is 17.3 Å². The molecule has 4 rings (SSSR count). The van der Waals surface area contributed by atoms with Gasteiger partial charge in [-0.15, -0.1) is 0 Å². The van der Waals surface area contributed by atoms with Crippen LogP contribution in [0.3, 0.4) is 0 Å². The van der Waals surface area contributed by atoms with Gasteiger partial charge in [0.1, 0.15) is 29.4 Å². The van der Waals surface area contributed by atoms with Crippen molar-refractivity contribution >= 4 is 17.3 Å². The lowest BCUT2D eigenvalue weighted by Crippen LogP contribution is -2.48. The molecule has 0 bridgehead atoms. The normalized spacial score (nSPS) is 15.1. The molecule has 0 saturated carbocycles. The van der Waals surface area contributed by atoms with E-state index in [0.717, 1.165) is 0 Å². The van der Waals surface area contributed by atoms with Gasteiger partial charge in [0, 0.05) is 38.1 Å². The van der Waals surface area contributed by atoms with Crippen LogP contribution >= 0.6 is 0 Å². The Balaban J connectivity index is 1.55. The Morgan fingerprint density at radius 2 is 1.94 bits per heavy atom. The molecular formula is C22H25FN8O2. The number of hydrogen-bond acceptors (Lipinski definition) is 8. The highest BCUT2D eigenvalue weighted by Crippen LogP contribution is 2.25. The minimum Gasteiger partial charge on any atom is -0.396 e. The van der Waals surface area contributed by atoms with Crippen LogP contribution in [0.15, 0.2) is 55.1 Å². The highest BCUT2D eigenvalue weighted by molar-refractivity contribution is 5.93. The molecule has 1 aliphatic rings. The number of rotatable bonds is 6. The molecule has 172 valence electrons. The van der Waals surface area contributed by atoms with Crippen molar-refractivity contribution < 1.29 is 13.9 Å². The Morgan fingerprint density at radius 1 is 1.18 bits per heavy atom. The Kier molecular flexibility index (Phi) is 6.63. The molecule has 0 atom stereocenters. The number of hydrogen-bond donors (Lipinski definition) is 3. The first-order valence-electron chi connectivity index (χ1n) is 10.3. The number of aromatic nitrogens is 3. The molecule has 0 unspecified atom stereocenters. The van der Waals surface area contributed by atoms with E-state index in [1.54, 1.807) is 54.5 Å². The fourth-order valence-electron chi connectivity index (χ4n) is 3.44. The number of amides is 1. The van der Waals surface area contributed by atoms with Crippen LogP contribution < -0.4 is 17.0 Å². The topological polar surface area (TPSA) is 128 Å². The monoisotopic (exact) mass is 452 g/mol. The van der Waals surface area contributed by atoms with Crippen molar-refractivity contribution in [2.45, 2.75) is 0 Å². The second kappa shape index (κ2) is 9.77. The lowest BCUT2D eigenvalue weighted by Gasteiger charge is -2.26. The van der Waals surface area contributed by atoms with E-state index >= 15 is 0 Å². The Hall–Kier alpha value is -3.80. The van der Waals surface area contributed by atoms with Gasteiger partial charge in [-0.05, 0) is 24.3 Å². The average molecular weight is 452 g/mol. The molecule has 3 heterocycles. The van der Waals surface area contributed by atoms with Crippen LogP contribution in [-0.4, -0.2) is 63.8 Å². The molecule has 1 fully saturated rings. The molecule has 0 spiro atoms. The molecular weight excluding hydrogens is 427 g/mol. The summed E-state index contributed by atoms with van der Waals surface area (Å²) in [4.78, 5) is 21.2. The van der Waals surface area contributed by atoms with E-state index in [2.05, 4.69) is 15.4 Å². The summed E-state index contributed by atoms with van der Waals surface area (Å²) in [5.41, 5.74) is 10.7. The standard InChI is InChI=1S/C22H25FN8O2/c1-29(25)21(20(24)16-4-2-3-5-17(16)23)18-13-30(14-27-18)19-7-6-15(12-26-19)22(32)28-31-8-10-33-11-9-31/h2-7,12-14H,8-11,24-25H2,1H3,(H,28,32)/b21-20-. The molecule has 1 aliphatic heterocycles. The summed E-state index contributed by atoms with van der Waals surface area (Å²) in [5, 5.41) is 3.11. The maximum Gasteiger partial charge on any atom is 0.267 e. The maximum atomic E-state index is 14.2. The van der Waals surface area contributed by atoms with E-state index in [0.29, 0.717) is 49.1 Å². The summed E-state index contributed by atoms with van der Waals surface area (Å²) in [6, 6.07) is 9.57. The molecule has 2 aromatic heterocycles. The van der Waals surface area contributed by atoms with Crippen molar-refractivity contribution in [2.24, 2.45) is 11.6 Å². The van der Waals surface area contributed by atoms with Crippen molar-refractivity contribution in [1.82, 2.24) is 30.0 Å². The summed E-state index contributed by atoms with van der Waals surface area (Å²) in [6.07, 6.45) is 4.72. The van der Waals surface area contributed by atoms with Crippen LogP contribution in [-0.2, 0) is 4.74 Å². The van der Waals surface area contributed by atoms with Crippen LogP contribution in [0.5, 0.6) is 0 Å². The van der Waals surface area contributed by atoms with E-state index < -0.39 is 5.82 Å². The number of benzene rings is 1. The predicted octanol–water partition coefficient (Wildman–Crippen LogP) is 0.973. The van der Waals surface area contributed by atoms with Gasteiger partial charge >= 0.3 is 0 Å². The third kappa shape index (κ3) is 5.00. The van der Waals surface area contributed by atoms with Gasteiger partial charge in [-0.1, -0.05) is 12.1 Å². The minimum absolute atomic E-state index is 0.159. The van der Waals surface area contributed by atoms with E-state index in [1.807, 2.05) is 5.01 Å². The Bertz CT molecular complexity index is 1150. The molecule has 0 aliphatic carbocycles. The number of imidazole rings is 1. The number of nitrogens with two attached hydrogens (primary N) is 2. The first-order chi connectivity index (χ1) is 15.9. The maximum absolute atomic E-state index is 14.2. The van der Waals surface area contributed by atoms with Gasteiger partial charge in [0.2, 0.25) is 0 Å². The minimum atomic E-state index is -0.457. The summed E-state index contributed by atoms with van der Waals surface area (Å²) in [7, 11) is 1.60. The summed E-state index contributed by atoms with van der Waals surface area (Å²) < 4.78 is 21.2. The summed E-state index contributed by atoms with van der Waals surface area (Å²) in [6.45, 7) is 2.43. The van der Waals surface area contributed by atoms with Gasteiger partial charge in [-0.2, -0.15) is 0 Å². The second-order valence-corrected chi connectivity index (χ2v) is 7.46. The molecule has 1 aromatic carbocycles. The number of ether oxygens (including phenoxy) is 1. The number of nitrogens with zero attached hydrogens (tertiary/aromatic N) is 5. The first kappa shape index (κ1) is 22.4. The zero-order chi connectivity index (χ0) is 23.4. The van der Waals surface area contributed by atoms with Gasteiger partial charge in [0.15, 0.2) is 0 Å². The zero-order valence-electron chi connectivity index (χ0n) is 18.1. The fraction of sp³-hybridized carbons (Fsp3) is 0.227. The van der Waals surface area contributed by atoms with E-state index in [4.69, 9.17) is 16.3 Å². The van der Waals surface area contributed by atoms with Gasteiger partial charge in [0.25, 0.3) is 5.91 Å². The number of pyridine rings is 1. The molecule has 33 heavy (non-hydrogen) atoms. The highest BCUT2D eigenvalue weighted by atomic mass is 19.1. The van der Waals surface area contributed by atoms with Gasteiger partial charge in [-0.25, -0.2) is 25.2 Å². The van der Waals surface area contributed by atoms with Gasteiger partial charge in [-0.3, -0.25) is 14.8 Å². The quantitative estimate of drug-likeness (QED) is 0.373. The fourth-order valence-corrected chi connectivity index (χ4v) is 3.44. The number of hydrazine groups is 2. The smallest absolute Gasteiger partial charge is 0.267 e. The van der Waals surface area contributed by atoms with Crippen LogP contribution in [0.2, 0.25) is 0 Å². The van der Waals surface area contributed by atoms with Crippen molar-refractivity contribution in [2.75, 3.05) is 33.4 Å². The highest BCUT2D eigenvalue weighted by Gasteiger charge is 2.18. The summed E-state index contributed by atoms with van der Waals surface area (Å²) >= 11 is 0. The van der Waals surface area contributed by atoms with Crippen molar-refractivity contribution in [3.05, 3.63) is 77.8 Å². The number of nitrogens with one attached hydrogen (secondary N) is 1. The third-order valence-electron chi connectivity index (χ3n) is 5.14. The van der Waals surface area contributed by atoms with Crippen molar-refractivity contribution in [3.63, 3.8) is 0 Å². The van der Waals surface area contributed by atoms with Gasteiger partial charge in [0.05, 0.1) is 24.5 Å². The lowest BCUT2D eigenvalue weighted by atomic mass is 10.1. The number of carbonyl (C=O) groups excluding carboxylic acids is 1. The molecule has 10 nitrogen and oxygen atoms in total. The van der Waals surface area contributed by atoms with Crippen LogP contribution in [0.4, 0.5) is 4.39 Å². The Morgan fingerprint density at radius 3 is 2.61 bits per heavy atom. The second-order valence-electron chi connectivity index (χ2n) is 7.46. The average Bonchev–Trinajstić information content (AvgIpc) is 3.29. The molecule has 11 heteroatoms. The Labute approximate surface area is 190 Å². The summed E-state index contributed by atoms with van der Waals surface area (Å²) in [5.74, 6) is 5.83. The SMILES string of the molecule is CN(N)/C(=C(\N)c1ccccc1F)c1cn(-c2ccc(C(=O)NN3CCOCC3)cn2)cn1. The van der Waals surface area contributed by atoms with Crippen molar-refractivity contribution in [3.8, 4) is 5.82 Å². The largest absolute Gasteiger partial charge is 0.396 e. The predicted molar refractivity (Wildman–Crippen MR) is 121 cm³/mol. The van der Waals surface area contributed by atoms with Crippen LogP contribution in [0, 0.1) is 5.82 Å². The molecule has 5 N–H and O–H groups in total. The van der Waals surface area contributed by atoms with E-state index in [9.17, 15) is 9.18 Å². The number of carbonyl (C=O) groups is 1. The molecule has 1 saturated heterocycles. The molecule has 1 amide bonds. The lowest BCUT2D eigenvalue weighted by molar-refractivity contribution is 0.0126.